The Balaban J connectivity index is 1.88. The number of carbonyl (C=O) groups excluding carboxylic acids is 1. The minimum Gasteiger partial charge on any atom is -0.484 e. The molecule has 0 aliphatic carbocycles. The normalized spacial score (nSPS) is 10.3. The molecule has 19 heavy (non-hydrogen) atoms. The minimum atomic E-state index is -0.294. The summed E-state index contributed by atoms with van der Waals surface area (Å²) in [5, 5.41) is 9.00. The lowest BCUT2D eigenvalue weighted by Crippen LogP contribution is -2.20. The van der Waals surface area contributed by atoms with E-state index < -0.39 is 0 Å². The molecule has 2 aromatic rings. The zero-order chi connectivity index (χ0) is 13.8. The number of amides is 1. The first-order valence-corrected chi connectivity index (χ1v) is 5.93. The van der Waals surface area contributed by atoms with Gasteiger partial charge in [-0.25, -0.2) is 0 Å². The van der Waals surface area contributed by atoms with Crippen LogP contribution in [0.2, 0.25) is 0 Å². The van der Waals surface area contributed by atoms with Crippen molar-refractivity contribution in [1.82, 2.24) is 15.2 Å². The molecule has 0 spiro atoms. The fourth-order valence-electron chi connectivity index (χ4n) is 1.51. The number of rotatable bonds is 4. The van der Waals surface area contributed by atoms with Gasteiger partial charge in [0.1, 0.15) is 11.6 Å². The van der Waals surface area contributed by atoms with E-state index in [1.54, 1.807) is 6.92 Å². The zero-order valence-electron chi connectivity index (χ0n) is 11.2. The maximum absolute atomic E-state index is 11.6. The van der Waals surface area contributed by atoms with E-state index in [0.29, 0.717) is 11.6 Å². The highest BCUT2D eigenvalue weighted by Crippen LogP contribution is 2.16. The number of nitrogens with zero attached hydrogens (tertiary/aromatic N) is 2. The van der Waals surface area contributed by atoms with Crippen LogP contribution in [0.25, 0.3) is 0 Å². The van der Waals surface area contributed by atoms with Gasteiger partial charge in [-0.05, 0) is 44.0 Å². The first kappa shape index (κ1) is 13.1. The van der Waals surface area contributed by atoms with Crippen LogP contribution in [0.15, 0.2) is 18.2 Å². The second-order valence-electron chi connectivity index (χ2n) is 4.33. The van der Waals surface area contributed by atoms with Crippen molar-refractivity contribution in [1.29, 1.82) is 0 Å². The number of aromatic amines is 1. The lowest BCUT2D eigenvalue weighted by Gasteiger charge is -2.07. The molecule has 1 heterocycles. The fraction of sp³-hybridized carbons (Fsp3) is 0.308. The highest BCUT2D eigenvalue weighted by atomic mass is 16.5. The molecular formula is C13H16N4O2. The van der Waals surface area contributed by atoms with E-state index >= 15 is 0 Å². The van der Waals surface area contributed by atoms with Crippen molar-refractivity contribution in [2.75, 3.05) is 11.9 Å². The lowest BCUT2D eigenvalue weighted by molar-refractivity contribution is -0.118. The van der Waals surface area contributed by atoms with Crippen molar-refractivity contribution in [2.45, 2.75) is 20.8 Å². The summed E-state index contributed by atoms with van der Waals surface area (Å²) in [5.41, 5.74) is 2.32. The van der Waals surface area contributed by atoms with E-state index in [-0.39, 0.29) is 18.5 Å². The summed E-state index contributed by atoms with van der Waals surface area (Å²) in [7, 11) is 0. The van der Waals surface area contributed by atoms with Crippen molar-refractivity contribution in [2.24, 2.45) is 0 Å². The van der Waals surface area contributed by atoms with Crippen LogP contribution in [0, 0.1) is 20.8 Å². The summed E-state index contributed by atoms with van der Waals surface area (Å²) in [6.45, 7) is 5.71. The first-order chi connectivity index (χ1) is 9.04. The molecule has 0 aliphatic heterocycles. The number of aromatic nitrogens is 3. The van der Waals surface area contributed by atoms with Gasteiger partial charge in [0.2, 0.25) is 5.95 Å². The van der Waals surface area contributed by atoms with Gasteiger partial charge in [0.15, 0.2) is 6.61 Å². The van der Waals surface area contributed by atoms with Crippen molar-refractivity contribution < 1.29 is 9.53 Å². The van der Waals surface area contributed by atoms with E-state index in [1.807, 2.05) is 32.0 Å². The van der Waals surface area contributed by atoms with Gasteiger partial charge in [0.25, 0.3) is 5.91 Å². The molecule has 1 aromatic heterocycles. The number of anilines is 1. The summed E-state index contributed by atoms with van der Waals surface area (Å²) >= 11 is 0. The maximum Gasteiger partial charge on any atom is 0.264 e. The number of aryl methyl sites for hydroxylation is 3. The van der Waals surface area contributed by atoms with Gasteiger partial charge in [-0.2, -0.15) is 4.98 Å². The number of ether oxygens (including phenoxy) is 1. The molecule has 0 bridgehead atoms. The van der Waals surface area contributed by atoms with Crippen LogP contribution in [0.1, 0.15) is 17.0 Å². The van der Waals surface area contributed by atoms with Crippen LogP contribution in [-0.2, 0) is 4.79 Å². The maximum atomic E-state index is 11.6. The summed E-state index contributed by atoms with van der Waals surface area (Å²) in [4.78, 5) is 15.6. The Morgan fingerprint density at radius 2 is 2.11 bits per heavy atom. The van der Waals surface area contributed by atoms with Crippen LogP contribution < -0.4 is 10.1 Å². The molecule has 0 atom stereocenters. The SMILES string of the molecule is Cc1nc(NC(=O)COc2ccc(C)c(C)c2)n[nH]1. The number of carbonyl (C=O) groups is 1. The minimum absolute atomic E-state index is 0.0733. The predicted octanol–water partition coefficient (Wildman–Crippen LogP) is 1.75. The van der Waals surface area contributed by atoms with Crippen molar-refractivity contribution in [3.63, 3.8) is 0 Å². The van der Waals surface area contributed by atoms with Crippen molar-refractivity contribution in [3.05, 3.63) is 35.2 Å². The number of benzene rings is 1. The molecule has 2 rings (SSSR count). The smallest absolute Gasteiger partial charge is 0.264 e. The second kappa shape index (κ2) is 5.51. The van der Waals surface area contributed by atoms with Gasteiger partial charge in [0.05, 0.1) is 0 Å². The second-order valence-corrected chi connectivity index (χ2v) is 4.33. The van der Waals surface area contributed by atoms with Crippen LogP contribution in [0.3, 0.4) is 0 Å². The van der Waals surface area contributed by atoms with Crippen LogP contribution in [0.4, 0.5) is 5.95 Å². The molecule has 0 saturated carbocycles. The fourth-order valence-corrected chi connectivity index (χ4v) is 1.51. The third kappa shape index (κ3) is 3.54. The molecule has 1 amide bonds. The average molecular weight is 260 g/mol. The number of hydrogen-bond donors (Lipinski definition) is 2. The van der Waals surface area contributed by atoms with Crippen molar-refractivity contribution in [3.8, 4) is 5.75 Å². The average Bonchev–Trinajstić information content (AvgIpc) is 2.76. The largest absolute Gasteiger partial charge is 0.484 e. The van der Waals surface area contributed by atoms with E-state index in [4.69, 9.17) is 4.74 Å². The molecule has 6 heteroatoms. The molecule has 100 valence electrons. The lowest BCUT2D eigenvalue weighted by atomic mass is 10.1. The van der Waals surface area contributed by atoms with Gasteiger partial charge >= 0.3 is 0 Å². The highest BCUT2D eigenvalue weighted by Gasteiger charge is 2.07. The Hall–Kier alpha value is -2.37. The standard InChI is InChI=1S/C13H16N4O2/c1-8-4-5-11(6-9(8)2)19-7-12(18)15-13-14-10(3)16-17-13/h4-6H,7H2,1-3H3,(H2,14,15,16,17,18). The Morgan fingerprint density at radius 3 is 2.74 bits per heavy atom. The number of nitrogens with one attached hydrogen (secondary N) is 2. The molecule has 0 saturated heterocycles. The van der Waals surface area contributed by atoms with Crippen LogP contribution >= 0.6 is 0 Å². The topological polar surface area (TPSA) is 79.9 Å². The van der Waals surface area contributed by atoms with Crippen molar-refractivity contribution >= 4 is 11.9 Å². The number of H-pyrrole nitrogens is 1. The van der Waals surface area contributed by atoms with Gasteiger partial charge in [-0.3, -0.25) is 15.2 Å². The Kier molecular flexibility index (Phi) is 3.79. The molecule has 0 radical (unpaired) electrons. The Labute approximate surface area is 111 Å². The molecule has 2 N–H and O–H groups in total. The summed E-state index contributed by atoms with van der Waals surface area (Å²) in [6, 6.07) is 5.70. The monoisotopic (exact) mass is 260 g/mol. The third-order valence-electron chi connectivity index (χ3n) is 2.70. The van der Waals surface area contributed by atoms with Gasteiger partial charge in [0, 0.05) is 0 Å². The Morgan fingerprint density at radius 1 is 1.32 bits per heavy atom. The van der Waals surface area contributed by atoms with E-state index in [1.165, 1.54) is 5.56 Å². The van der Waals surface area contributed by atoms with Crippen LogP contribution in [-0.4, -0.2) is 27.7 Å². The van der Waals surface area contributed by atoms with Gasteiger partial charge in [-0.15, -0.1) is 5.10 Å². The quantitative estimate of drug-likeness (QED) is 0.877. The summed E-state index contributed by atoms with van der Waals surface area (Å²) in [5.74, 6) is 1.28. The number of hydrogen-bond acceptors (Lipinski definition) is 4. The summed E-state index contributed by atoms with van der Waals surface area (Å²) in [6.07, 6.45) is 0. The van der Waals surface area contributed by atoms with Gasteiger partial charge < -0.3 is 4.74 Å². The predicted molar refractivity (Wildman–Crippen MR) is 71.2 cm³/mol. The van der Waals surface area contributed by atoms with Gasteiger partial charge in [-0.1, -0.05) is 6.07 Å². The summed E-state index contributed by atoms with van der Waals surface area (Å²) < 4.78 is 5.40. The molecule has 0 aliphatic rings. The molecular weight excluding hydrogens is 244 g/mol. The molecule has 6 nitrogen and oxygen atoms in total. The molecule has 1 aromatic carbocycles. The van der Waals surface area contributed by atoms with Crippen LogP contribution in [0.5, 0.6) is 5.75 Å². The molecule has 0 fully saturated rings. The van der Waals surface area contributed by atoms with E-state index in [0.717, 1.165) is 5.56 Å². The van der Waals surface area contributed by atoms with E-state index in [9.17, 15) is 4.79 Å². The zero-order valence-corrected chi connectivity index (χ0v) is 11.2. The Bertz CT molecular complexity index is 592. The third-order valence-corrected chi connectivity index (χ3v) is 2.70. The highest BCUT2D eigenvalue weighted by molar-refractivity contribution is 5.90. The van der Waals surface area contributed by atoms with E-state index in [2.05, 4.69) is 20.5 Å². The molecule has 0 unspecified atom stereocenters. The first-order valence-electron chi connectivity index (χ1n) is 5.93.